The number of nitrogens with one attached hydrogen (secondary N) is 1. The first-order valence-corrected chi connectivity index (χ1v) is 11.4. The maximum atomic E-state index is 13.9. The van der Waals surface area contributed by atoms with Gasteiger partial charge in [-0.2, -0.15) is 5.10 Å². The summed E-state index contributed by atoms with van der Waals surface area (Å²) in [5, 5.41) is 17.7. The number of carbonyl (C=O) groups excluding carboxylic acids is 1. The average Bonchev–Trinajstić information content (AvgIpc) is 3.42. The first-order valence-electron chi connectivity index (χ1n) is 11.0. The molecule has 3 atom stereocenters. The number of aromatic nitrogens is 3. The fourth-order valence-corrected chi connectivity index (χ4v) is 5.12. The van der Waals surface area contributed by atoms with Crippen molar-refractivity contribution in [2.24, 2.45) is 5.92 Å². The van der Waals surface area contributed by atoms with E-state index in [0.29, 0.717) is 22.8 Å². The highest BCUT2D eigenvalue weighted by atomic mass is 35.5. The number of nitrogens with zero attached hydrogens (tertiary/aromatic N) is 4. The van der Waals surface area contributed by atoms with E-state index in [1.165, 1.54) is 12.1 Å². The molecule has 1 saturated carbocycles. The van der Waals surface area contributed by atoms with Gasteiger partial charge < -0.3 is 15.3 Å². The topological polar surface area (TPSA) is 82.8 Å². The van der Waals surface area contributed by atoms with E-state index in [1.54, 1.807) is 23.0 Å². The van der Waals surface area contributed by atoms with Gasteiger partial charge in [0.2, 0.25) is 5.91 Å². The molecule has 7 nitrogen and oxygen atoms in total. The van der Waals surface area contributed by atoms with Gasteiger partial charge in [0.1, 0.15) is 17.3 Å². The third kappa shape index (κ3) is 4.04. The predicted molar refractivity (Wildman–Crippen MR) is 120 cm³/mol. The Morgan fingerprint density at radius 2 is 2.09 bits per heavy atom. The Hall–Kier alpha value is -2.71. The molecule has 1 aromatic carbocycles. The van der Waals surface area contributed by atoms with Crippen LogP contribution in [0.2, 0.25) is 5.02 Å². The second kappa shape index (κ2) is 8.67. The number of rotatable bonds is 4. The molecule has 9 heteroatoms. The van der Waals surface area contributed by atoms with Gasteiger partial charge in [-0.25, -0.2) is 13.9 Å². The summed E-state index contributed by atoms with van der Waals surface area (Å²) in [6.07, 6.45) is 7.61. The summed E-state index contributed by atoms with van der Waals surface area (Å²) in [5.41, 5.74) is 1.84. The quantitative estimate of drug-likeness (QED) is 0.608. The van der Waals surface area contributed by atoms with Gasteiger partial charge in [-0.1, -0.05) is 18.0 Å². The third-order valence-electron chi connectivity index (χ3n) is 6.49. The van der Waals surface area contributed by atoms with Crippen molar-refractivity contribution in [3.05, 3.63) is 53.1 Å². The van der Waals surface area contributed by atoms with Gasteiger partial charge >= 0.3 is 0 Å². The number of halogens is 2. The minimum absolute atomic E-state index is 0.0714. The molecule has 3 aromatic rings. The van der Waals surface area contributed by atoms with Crippen molar-refractivity contribution in [3.63, 3.8) is 0 Å². The van der Waals surface area contributed by atoms with Crippen LogP contribution in [0.5, 0.6) is 0 Å². The van der Waals surface area contributed by atoms with Gasteiger partial charge in [-0.15, -0.1) is 0 Å². The Balaban J connectivity index is 1.42. The SMILES string of the molecule is O=C(Nc1cnn2ccc(N3CCC[C@@H]3c3cc(F)ccc3Cl)nc12)C1CCCC(O)C1. The molecule has 0 spiro atoms. The van der Waals surface area contributed by atoms with Crippen molar-refractivity contribution < 1.29 is 14.3 Å². The number of carbonyl (C=O) groups is 1. The zero-order chi connectivity index (χ0) is 22.2. The number of anilines is 2. The van der Waals surface area contributed by atoms with E-state index in [9.17, 15) is 14.3 Å². The zero-order valence-electron chi connectivity index (χ0n) is 17.5. The maximum absolute atomic E-state index is 13.9. The Kier molecular flexibility index (Phi) is 5.73. The van der Waals surface area contributed by atoms with Gasteiger partial charge in [-0.3, -0.25) is 4.79 Å². The van der Waals surface area contributed by atoms with Crippen molar-refractivity contribution in [3.8, 4) is 0 Å². The molecule has 3 heterocycles. The van der Waals surface area contributed by atoms with Gasteiger partial charge in [0, 0.05) is 23.7 Å². The summed E-state index contributed by atoms with van der Waals surface area (Å²) in [6, 6.07) is 6.24. The van der Waals surface area contributed by atoms with Crippen LogP contribution in [0.25, 0.3) is 5.65 Å². The van der Waals surface area contributed by atoms with Crippen LogP contribution in [-0.2, 0) is 4.79 Å². The number of fused-ring (bicyclic) bond motifs is 1. The van der Waals surface area contributed by atoms with Crippen molar-refractivity contribution in [2.45, 2.75) is 50.7 Å². The summed E-state index contributed by atoms with van der Waals surface area (Å²) in [7, 11) is 0. The number of aliphatic hydroxyl groups is 1. The molecule has 2 unspecified atom stereocenters. The van der Waals surface area contributed by atoms with E-state index in [2.05, 4.69) is 15.3 Å². The Bertz CT molecular complexity index is 1150. The predicted octanol–water partition coefficient (Wildman–Crippen LogP) is 4.35. The van der Waals surface area contributed by atoms with Crippen LogP contribution in [0.15, 0.2) is 36.7 Å². The fraction of sp³-hybridized carbons (Fsp3) is 0.435. The molecule has 1 aliphatic carbocycles. The molecule has 2 aromatic heterocycles. The average molecular weight is 458 g/mol. The van der Waals surface area contributed by atoms with E-state index < -0.39 is 6.10 Å². The molecule has 0 bridgehead atoms. The highest BCUT2D eigenvalue weighted by molar-refractivity contribution is 6.31. The van der Waals surface area contributed by atoms with E-state index >= 15 is 0 Å². The van der Waals surface area contributed by atoms with Crippen LogP contribution in [0, 0.1) is 11.7 Å². The minimum atomic E-state index is -0.421. The molecule has 0 radical (unpaired) electrons. The van der Waals surface area contributed by atoms with Crippen molar-refractivity contribution in [1.82, 2.24) is 14.6 Å². The van der Waals surface area contributed by atoms with Crippen LogP contribution in [0.3, 0.4) is 0 Å². The Morgan fingerprint density at radius 1 is 1.22 bits per heavy atom. The molecular formula is C23H25ClFN5O2. The van der Waals surface area contributed by atoms with Crippen LogP contribution in [-0.4, -0.2) is 38.3 Å². The maximum Gasteiger partial charge on any atom is 0.227 e. The first-order chi connectivity index (χ1) is 15.5. The second-order valence-corrected chi connectivity index (χ2v) is 9.04. The largest absolute Gasteiger partial charge is 0.393 e. The molecule has 1 saturated heterocycles. The number of hydrogen-bond acceptors (Lipinski definition) is 5. The minimum Gasteiger partial charge on any atom is -0.393 e. The number of benzene rings is 1. The van der Waals surface area contributed by atoms with E-state index in [4.69, 9.17) is 16.6 Å². The lowest BCUT2D eigenvalue weighted by Crippen LogP contribution is -2.30. The zero-order valence-corrected chi connectivity index (χ0v) is 18.3. The molecule has 5 rings (SSSR count). The van der Waals surface area contributed by atoms with Gasteiger partial charge in [0.05, 0.1) is 18.3 Å². The Morgan fingerprint density at radius 3 is 2.94 bits per heavy atom. The third-order valence-corrected chi connectivity index (χ3v) is 6.84. The van der Waals surface area contributed by atoms with E-state index in [0.717, 1.165) is 50.0 Å². The van der Waals surface area contributed by atoms with E-state index in [-0.39, 0.29) is 23.7 Å². The van der Waals surface area contributed by atoms with Crippen molar-refractivity contribution >= 4 is 34.7 Å². The lowest BCUT2D eigenvalue weighted by Gasteiger charge is -2.27. The van der Waals surface area contributed by atoms with Crippen LogP contribution in [0.4, 0.5) is 15.9 Å². The van der Waals surface area contributed by atoms with E-state index in [1.807, 2.05) is 6.07 Å². The van der Waals surface area contributed by atoms with Crippen molar-refractivity contribution in [1.29, 1.82) is 0 Å². The van der Waals surface area contributed by atoms with Crippen molar-refractivity contribution in [2.75, 3.05) is 16.8 Å². The molecular weight excluding hydrogens is 433 g/mol. The normalized spacial score (nSPS) is 23.6. The monoisotopic (exact) mass is 457 g/mol. The standard InChI is InChI=1S/C23H25ClFN5O2/c24-18-7-6-15(25)12-17(18)20-5-2-9-29(20)21-8-10-30-22(28-21)19(13-26-30)27-23(32)14-3-1-4-16(31)11-14/h6-8,10,12-14,16,20,31H,1-5,9,11H2,(H,27,32)/t14?,16?,20-/m1/s1. The fourth-order valence-electron chi connectivity index (χ4n) is 4.88. The van der Waals surface area contributed by atoms with Crippen LogP contribution in [0.1, 0.15) is 50.1 Å². The molecule has 168 valence electrons. The summed E-state index contributed by atoms with van der Waals surface area (Å²) >= 11 is 6.38. The van der Waals surface area contributed by atoms with Gasteiger partial charge in [0.25, 0.3) is 0 Å². The smallest absolute Gasteiger partial charge is 0.227 e. The molecule has 32 heavy (non-hydrogen) atoms. The van der Waals surface area contributed by atoms with Crippen LogP contribution < -0.4 is 10.2 Å². The highest BCUT2D eigenvalue weighted by Gasteiger charge is 2.30. The van der Waals surface area contributed by atoms with Gasteiger partial charge in [-0.05, 0) is 61.9 Å². The molecule has 2 N–H and O–H groups in total. The van der Waals surface area contributed by atoms with Crippen LogP contribution >= 0.6 is 11.6 Å². The number of hydrogen-bond donors (Lipinski definition) is 2. The first kappa shape index (κ1) is 21.2. The summed E-state index contributed by atoms with van der Waals surface area (Å²) in [6.45, 7) is 0.774. The second-order valence-electron chi connectivity index (χ2n) is 8.64. The molecule has 2 aliphatic rings. The summed E-state index contributed by atoms with van der Waals surface area (Å²) in [5.74, 6) is 0.0871. The summed E-state index contributed by atoms with van der Waals surface area (Å²) in [4.78, 5) is 19.7. The number of aliphatic hydroxyl groups excluding tert-OH is 1. The van der Waals surface area contributed by atoms with Gasteiger partial charge in [0.15, 0.2) is 5.65 Å². The number of amides is 1. The molecule has 1 aliphatic heterocycles. The molecule has 2 fully saturated rings. The summed E-state index contributed by atoms with van der Waals surface area (Å²) < 4.78 is 15.5. The molecule has 1 amide bonds. The lowest BCUT2D eigenvalue weighted by atomic mass is 9.86. The lowest BCUT2D eigenvalue weighted by molar-refractivity contribution is -0.122. The highest BCUT2D eigenvalue weighted by Crippen LogP contribution is 2.39. The Labute approximate surface area is 190 Å².